The highest BCUT2D eigenvalue weighted by atomic mass is 19.2. The highest BCUT2D eigenvalue weighted by Crippen LogP contribution is 2.22. The number of hydrogen-bond acceptors (Lipinski definition) is 4. The Morgan fingerprint density at radius 3 is 2.67 bits per heavy atom. The molecule has 1 heterocycles. The number of amides is 3. The number of anilines is 1. The molecule has 1 N–H and O–H groups in total. The molecule has 3 amide bonds. The van der Waals surface area contributed by atoms with Gasteiger partial charge in [0.2, 0.25) is 5.91 Å². The molecule has 0 atom stereocenters. The lowest BCUT2D eigenvalue weighted by molar-refractivity contribution is -0.143. The zero-order chi connectivity index (χ0) is 17.7. The predicted molar refractivity (Wildman–Crippen MR) is 80.3 cm³/mol. The molecule has 0 bridgehead atoms. The molecule has 24 heavy (non-hydrogen) atoms. The lowest BCUT2D eigenvalue weighted by atomic mass is 10.3. The van der Waals surface area contributed by atoms with Crippen LogP contribution in [0.15, 0.2) is 18.2 Å². The standard InChI is InChI=1S/C15H17F2N3O4/c1-2-24-14(22)8-18-13(21)9-19-5-6-20(15(19)23)10-3-4-11(16)12(17)7-10/h3-4,7H,2,5-6,8-9H2,1H3,(H,18,21). The van der Waals surface area contributed by atoms with Crippen molar-refractivity contribution in [2.24, 2.45) is 0 Å². The number of benzene rings is 1. The molecule has 130 valence electrons. The number of carbonyl (C=O) groups is 3. The molecule has 0 spiro atoms. The molecule has 9 heteroatoms. The SMILES string of the molecule is CCOC(=O)CNC(=O)CN1CCN(c2ccc(F)c(F)c2)C1=O. The van der Waals surface area contributed by atoms with E-state index in [1.807, 2.05) is 0 Å². The Labute approximate surface area is 137 Å². The number of ether oxygens (including phenoxy) is 1. The number of carbonyl (C=O) groups excluding carboxylic acids is 3. The van der Waals surface area contributed by atoms with Crippen LogP contribution < -0.4 is 10.2 Å². The van der Waals surface area contributed by atoms with Crippen LogP contribution in [0.1, 0.15) is 6.92 Å². The van der Waals surface area contributed by atoms with Crippen molar-refractivity contribution in [1.82, 2.24) is 10.2 Å². The number of nitrogens with zero attached hydrogens (tertiary/aromatic N) is 2. The van der Waals surface area contributed by atoms with Crippen molar-refractivity contribution in [2.45, 2.75) is 6.92 Å². The Hall–Kier alpha value is -2.71. The van der Waals surface area contributed by atoms with Gasteiger partial charge in [-0.3, -0.25) is 14.5 Å². The summed E-state index contributed by atoms with van der Waals surface area (Å²) in [6.07, 6.45) is 0. The van der Waals surface area contributed by atoms with Crippen molar-refractivity contribution < 1.29 is 27.9 Å². The van der Waals surface area contributed by atoms with Gasteiger partial charge in [-0.15, -0.1) is 0 Å². The van der Waals surface area contributed by atoms with Gasteiger partial charge in [0.05, 0.1) is 6.61 Å². The molecule has 1 aliphatic heterocycles. The minimum atomic E-state index is -1.05. The molecule has 0 saturated carbocycles. The van der Waals surface area contributed by atoms with E-state index in [0.29, 0.717) is 0 Å². The minimum Gasteiger partial charge on any atom is -0.465 e. The first-order valence-corrected chi connectivity index (χ1v) is 7.36. The molecule has 7 nitrogen and oxygen atoms in total. The van der Waals surface area contributed by atoms with Crippen LogP contribution >= 0.6 is 0 Å². The van der Waals surface area contributed by atoms with Crippen molar-refractivity contribution in [1.29, 1.82) is 0 Å². The van der Waals surface area contributed by atoms with E-state index in [2.05, 4.69) is 10.1 Å². The highest BCUT2D eigenvalue weighted by molar-refractivity contribution is 5.96. The molecule has 2 rings (SSSR count). The fraction of sp³-hybridized carbons (Fsp3) is 0.400. The third kappa shape index (κ3) is 4.18. The second kappa shape index (κ2) is 7.71. The lowest BCUT2D eigenvalue weighted by Gasteiger charge is -2.18. The second-order valence-electron chi connectivity index (χ2n) is 5.04. The van der Waals surface area contributed by atoms with E-state index in [-0.39, 0.29) is 38.5 Å². The van der Waals surface area contributed by atoms with Gasteiger partial charge in [0.25, 0.3) is 0 Å². The van der Waals surface area contributed by atoms with Gasteiger partial charge in [0.1, 0.15) is 13.1 Å². The number of rotatable bonds is 6. The topological polar surface area (TPSA) is 79.0 Å². The number of nitrogens with one attached hydrogen (secondary N) is 1. The van der Waals surface area contributed by atoms with Crippen molar-refractivity contribution in [3.05, 3.63) is 29.8 Å². The molecule has 1 aromatic carbocycles. The van der Waals surface area contributed by atoms with Crippen LogP contribution in [-0.4, -0.2) is 55.6 Å². The normalized spacial score (nSPS) is 14.0. The maximum atomic E-state index is 13.3. The van der Waals surface area contributed by atoms with E-state index in [1.54, 1.807) is 6.92 Å². The maximum Gasteiger partial charge on any atom is 0.325 e. The van der Waals surface area contributed by atoms with E-state index in [1.165, 1.54) is 15.9 Å². The summed E-state index contributed by atoms with van der Waals surface area (Å²) in [4.78, 5) is 37.7. The van der Waals surface area contributed by atoms with E-state index < -0.39 is 29.5 Å². The van der Waals surface area contributed by atoms with Gasteiger partial charge in [0.15, 0.2) is 11.6 Å². The molecule has 0 aliphatic carbocycles. The molecular formula is C15H17F2N3O4. The van der Waals surface area contributed by atoms with Gasteiger partial charge in [-0.2, -0.15) is 0 Å². The second-order valence-corrected chi connectivity index (χ2v) is 5.04. The van der Waals surface area contributed by atoms with Gasteiger partial charge in [-0.25, -0.2) is 13.6 Å². The first-order chi connectivity index (χ1) is 11.4. The van der Waals surface area contributed by atoms with Crippen LogP contribution in [0.2, 0.25) is 0 Å². The van der Waals surface area contributed by atoms with Crippen LogP contribution in [0.4, 0.5) is 19.3 Å². The summed E-state index contributed by atoms with van der Waals surface area (Å²) in [7, 11) is 0. The third-order valence-corrected chi connectivity index (χ3v) is 3.38. The monoisotopic (exact) mass is 341 g/mol. The smallest absolute Gasteiger partial charge is 0.325 e. The largest absolute Gasteiger partial charge is 0.465 e. The average molecular weight is 341 g/mol. The third-order valence-electron chi connectivity index (χ3n) is 3.38. The summed E-state index contributed by atoms with van der Waals surface area (Å²) >= 11 is 0. The van der Waals surface area contributed by atoms with Crippen LogP contribution in [0.25, 0.3) is 0 Å². The van der Waals surface area contributed by atoms with E-state index >= 15 is 0 Å². The van der Waals surface area contributed by atoms with Gasteiger partial charge < -0.3 is 15.0 Å². The summed E-state index contributed by atoms with van der Waals surface area (Å²) < 4.78 is 30.9. The minimum absolute atomic E-state index is 0.211. The molecule has 1 saturated heterocycles. The van der Waals surface area contributed by atoms with Crippen molar-refractivity contribution >= 4 is 23.6 Å². The number of hydrogen-bond donors (Lipinski definition) is 1. The molecule has 0 unspecified atom stereocenters. The Kier molecular flexibility index (Phi) is 5.67. The molecule has 0 aromatic heterocycles. The maximum absolute atomic E-state index is 13.3. The summed E-state index contributed by atoms with van der Waals surface area (Å²) in [5.74, 6) is -3.13. The van der Waals surface area contributed by atoms with Crippen molar-refractivity contribution in [3.8, 4) is 0 Å². The quantitative estimate of drug-likeness (QED) is 0.780. The number of urea groups is 1. The van der Waals surface area contributed by atoms with Gasteiger partial charge >= 0.3 is 12.0 Å². The molecule has 1 aromatic rings. The van der Waals surface area contributed by atoms with Crippen LogP contribution in [-0.2, 0) is 14.3 Å². The average Bonchev–Trinajstić information content (AvgIpc) is 2.89. The number of esters is 1. The predicted octanol–water partition coefficient (Wildman–Crippen LogP) is 0.886. The van der Waals surface area contributed by atoms with E-state index in [0.717, 1.165) is 12.1 Å². The Morgan fingerprint density at radius 1 is 1.25 bits per heavy atom. The first kappa shape index (κ1) is 17.6. The van der Waals surface area contributed by atoms with Crippen LogP contribution in [0, 0.1) is 11.6 Å². The Morgan fingerprint density at radius 2 is 2.00 bits per heavy atom. The van der Waals surface area contributed by atoms with Crippen molar-refractivity contribution in [3.63, 3.8) is 0 Å². The fourth-order valence-corrected chi connectivity index (χ4v) is 2.23. The molecular weight excluding hydrogens is 324 g/mol. The lowest BCUT2D eigenvalue weighted by Crippen LogP contribution is -2.41. The first-order valence-electron chi connectivity index (χ1n) is 7.36. The van der Waals surface area contributed by atoms with Crippen LogP contribution in [0.3, 0.4) is 0 Å². The molecule has 1 fully saturated rings. The zero-order valence-electron chi connectivity index (χ0n) is 13.1. The van der Waals surface area contributed by atoms with Crippen LogP contribution in [0.5, 0.6) is 0 Å². The van der Waals surface area contributed by atoms with Gasteiger partial charge in [-0.05, 0) is 19.1 Å². The Balaban J connectivity index is 1.90. The van der Waals surface area contributed by atoms with Gasteiger partial charge in [-0.1, -0.05) is 0 Å². The molecule has 1 aliphatic rings. The summed E-state index contributed by atoms with van der Waals surface area (Å²) in [5.41, 5.74) is 0.216. The number of halogens is 2. The highest BCUT2D eigenvalue weighted by Gasteiger charge is 2.31. The summed E-state index contributed by atoms with van der Waals surface area (Å²) in [6.45, 7) is 1.84. The Bertz CT molecular complexity index is 654. The summed E-state index contributed by atoms with van der Waals surface area (Å²) in [6, 6.07) is 2.66. The van der Waals surface area contributed by atoms with E-state index in [9.17, 15) is 23.2 Å². The van der Waals surface area contributed by atoms with Gasteiger partial charge in [0, 0.05) is 24.8 Å². The van der Waals surface area contributed by atoms with Crippen molar-refractivity contribution in [2.75, 3.05) is 37.7 Å². The zero-order valence-corrected chi connectivity index (χ0v) is 13.1. The van der Waals surface area contributed by atoms with E-state index in [4.69, 9.17) is 0 Å². The molecule has 0 radical (unpaired) electrons. The fourth-order valence-electron chi connectivity index (χ4n) is 2.23. The summed E-state index contributed by atoms with van der Waals surface area (Å²) in [5, 5.41) is 2.35.